The van der Waals surface area contributed by atoms with Gasteiger partial charge < -0.3 is 9.51 Å². The number of β-amino-alcohol motifs (C(OH)–C–C–N with tert-alkyl or cyclic N) is 1. The number of likely N-dealkylation sites (tertiary alicyclic amines) is 1. The van der Waals surface area contributed by atoms with Crippen molar-refractivity contribution >= 4 is 5.65 Å². The van der Waals surface area contributed by atoms with E-state index in [1.165, 1.54) is 6.07 Å². The molecule has 0 spiro atoms. The molecule has 2 atom stereocenters. The van der Waals surface area contributed by atoms with Gasteiger partial charge in [-0.15, -0.1) is 0 Å². The minimum Gasteiger partial charge on any atom is -0.392 e. The Kier molecular flexibility index (Phi) is 3.78. The van der Waals surface area contributed by atoms with Crippen LogP contribution in [-0.2, 0) is 6.54 Å². The van der Waals surface area contributed by atoms with Crippen LogP contribution in [0.4, 0.5) is 8.78 Å². The molecule has 0 radical (unpaired) electrons. The Morgan fingerprint density at radius 3 is 2.88 bits per heavy atom. The van der Waals surface area contributed by atoms with E-state index in [0.717, 1.165) is 17.4 Å². The maximum absolute atomic E-state index is 13.6. The number of nitrogens with zero attached hydrogens (tertiary/aromatic N) is 3. The van der Waals surface area contributed by atoms with Gasteiger partial charge in [-0.25, -0.2) is 13.8 Å². The average Bonchev–Trinajstić information content (AvgIpc) is 3.17. The predicted molar refractivity (Wildman–Crippen MR) is 85.3 cm³/mol. The summed E-state index contributed by atoms with van der Waals surface area (Å²) in [7, 11) is 0. The fourth-order valence-corrected chi connectivity index (χ4v) is 3.46. The maximum Gasteiger partial charge on any atom is 0.159 e. The largest absolute Gasteiger partial charge is 0.392 e. The summed E-state index contributed by atoms with van der Waals surface area (Å²) in [6.07, 6.45) is 3.66. The van der Waals surface area contributed by atoms with E-state index < -0.39 is 17.7 Å². The van der Waals surface area contributed by atoms with Crippen LogP contribution in [-0.4, -0.2) is 32.0 Å². The number of fused-ring (bicyclic) bond motifs is 1. The summed E-state index contributed by atoms with van der Waals surface area (Å²) in [5.74, 6) is -1.71. The number of aliphatic hydroxyl groups excluding tert-OH is 1. The van der Waals surface area contributed by atoms with Gasteiger partial charge in [0.15, 0.2) is 11.6 Å². The molecular weight excluding hydrogens is 312 g/mol. The van der Waals surface area contributed by atoms with E-state index >= 15 is 0 Å². The third kappa shape index (κ3) is 2.68. The van der Waals surface area contributed by atoms with Crippen LogP contribution in [0.25, 0.3) is 5.65 Å². The lowest BCUT2D eigenvalue weighted by atomic mass is 10.0. The zero-order chi connectivity index (χ0) is 16.7. The molecule has 2 aromatic heterocycles. The Bertz CT molecular complexity index is 880. The van der Waals surface area contributed by atoms with Gasteiger partial charge in [0.1, 0.15) is 5.65 Å². The number of hydrogen-bond donors (Lipinski definition) is 1. The number of rotatable bonds is 3. The summed E-state index contributed by atoms with van der Waals surface area (Å²) in [6, 6.07) is 9.68. The molecule has 6 heteroatoms. The first-order chi connectivity index (χ1) is 11.6. The average molecular weight is 329 g/mol. The van der Waals surface area contributed by atoms with Gasteiger partial charge >= 0.3 is 0 Å². The van der Waals surface area contributed by atoms with Gasteiger partial charge in [0.25, 0.3) is 0 Å². The van der Waals surface area contributed by atoms with E-state index in [1.54, 1.807) is 12.3 Å². The van der Waals surface area contributed by atoms with E-state index in [1.807, 2.05) is 28.8 Å². The van der Waals surface area contributed by atoms with Crippen LogP contribution < -0.4 is 0 Å². The van der Waals surface area contributed by atoms with E-state index in [-0.39, 0.29) is 6.04 Å². The van der Waals surface area contributed by atoms with Gasteiger partial charge in [-0.05, 0) is 36.2 Å². The highest BCUT2D eigenvalue weighted by Crippen LogP contribution is 2.34. The van der Waals surface area contributed by atoms with Crippen molar-refractivity contribution in [3.05, 3.63) is 71.7 Å². The molecule has 0 amide bonds. The second kappa shape index (κ2) is 5.96. The number of aromatic nitrogens is 2. The third-order valence-corrected chi connectivity index (χ3v) is 4.59. The molecule has 0 unspecified atom stereocenters. The minimum atomic E-state index is -0.856. The van der Waals surface area contributed by atoms with Gasteiger partial charge in [-0.1, -0.05) is 12.1 Å². The van der Waals surface area contributed by atoms with E-state index in [9.17, 15) is 13.9 Å². The van der Waals surface area contributed by atoms with Crippen molar-refractivity contribution in [2.45, 2.75) is 25.1 Å². The quantitative estimate of drug-likeness (QED) is 0.803. The Morgan fingerprint density at radius 2 is 2.04 bits per heavy atom. The van der Waals surface area contributed by atoms with Crippen LogP contribution in [0.5, 0.6) is 0 Å². The highest BCUT2D eigenvalue weighted by atomic mass is 19.2. The predicted octanol–water partition coefficient (Wildman–Crippen LogP) is 2.92. The van der Waals surface area contributed by atoms with Crippen LogP contribution in [0.2, 0.25) is 0 Å². The van der Waals surface area contributed by atoms with E-state index in [2.05, 4.69) is 9.88 Å². The van der Waals surface area contributed by atoms with Gasteiger partial charge in [0, 0.05) is 37.2 Å². The highest BCUT2D eigenvalue weighted by Gasteiger charge is 2.32. The van der Waals surface area contributed by atoms with Crippen molar-refractivity contribution in [3.8, 4) is 0 Å². The maximum atomic E-state index is 13.6. The number of imidazole rings is 1. The fraction of sp³-hybridized carbons (Fsp3) is 0.278. The summed E-state index contributed by atoms with van der Waals surface area (Å²) < 4.78 is 28.8. The highest BCUT2D eigenvalue weighted by molar-refractivity contribution is 5.39. The van der Waals surface area contributed by atoms with Crippen molar-refractivity contribution in [3.63, 3.8) is 0 Å². The summed E-state index contributed by atoms with van der Waals surface area (Å²) in [5, 5.41) is 10.1. The van der Waals surface area contributed by atoms with Gasteiger partial charge in [-0.2, -0.15) is 0 Å². The second-order valence-electron chi connectivity index (χ2n) is 6.18. The van der Waals surface area contributed by atoms with Crippen LogP contribution in [0.3, 0.4) is 0 Å². The number of halogens is 2. The molecule has 24 heavy (non-hydrogen) atoms. The molecule has 4 rings (SSSR count). The number of hydrogen-bond acceptors (Lipinski definition) is 3. The second-order valence-corrected chi connectivity index (χ2v) is 6.18. The lowest BCUT2D eigenvalue weighted by Gasteiger charge is -2.25. The Labute approximate surface area is 138 Å². The molecule has 1 aromatic carbocycles. The number of pyridine rings is 1. The lowest BCUT2D eigenvalue weighted by molar-refractivity contribution is 0.172. The summed E-state index contributed by atoms with van der Waals surface area (Å²) in [5.41, 5.74) is 2.58. The SMILES string of the molecule is O[C@H]1C[C@@H](c2ccc(F)c(F)c2)N(Cc2cccc3nccn23)C1. The molecule has 1 fully saturated rings. The Balaban J connectivity index is 1.65. The van der Waals surface area contributed by atoms with Crippen LogP contribution in [0.1, 0.15) is 23.7 Å². The molecule has 0 saturated carbocycles. The van der Waals surface area contributed by atoms with Gasteiger partial charge in [0.05, 0.1) is 6.10 Å². The summed E-state index contributed by atoms with van der Waals surface area (Å²) in [4.78, 5) is 6.36. The van der Waals surface area contributed by atoms with Crippen LogP contribution in [0, 0.1) is 11.6 Å². The summed E-state index contributed by atoms with van der Waals surface area (Å²) in [6.45, 7) is 1.09. The molecule has 1 aliphatic heterocycles. The molecule has 1 saturated heterocycles. The molecule has 124 valence electrons. The summed E-state index contributed by atoms with van der Waals surface area (Å²) >= 11 is 0. The Morgan fingerprint density at radius 1 is 1.17 bits per heavy atom. The van der Waals surface area contributed by atoms with Crippen LogP contribution >= 0.6 is 0 Å². The topological polar surface area (TPSA) is 40.8 Å². The van der Waals surface area contributed by atoms with E-state index in [4.69, 9.17) is 0 Å². The standard InChI is InChI=1S/C18H17F2N3O/c19-15-5-4-12(8-16(15)20)17-9-14(24)11-22(17)10-13-2-1-3-18-21-6-7-23(13)18/h1-8,14,17,24H,9-11H2/t14-,17-/m0/s1. The zero-order valence-electron chi connectivity index (χ0n) is 12.9. The first kappa shape index (κ1) is 15.2. The van der Waals surface area contributed by atoms with Crippen LogP contribution in [0.15, 0.2) is 48.8 Å². The van der Waals surface area contributed by atoms with Crippen molar-refractivity contribution in [1.29, 1.82) is 0 Å². The van der Waals surface area contributed by atoms with E-state index in [0.29, 0.717) is 25.1 Å². The van der Waals surface area contributed by atoms with Gasteiger partial charge in [-0.3, -0.25) is 4.90 Å². The zero-order valence-corrected chi connectivity index (χ0v) is 12.9. The molecule has 1 N–H and O–H groups in total. The molecular formula is C18H17F2N3O. The van der Waals surface area contributed by atoms with Gasteiger partial charge in [0.2, 0.25) is 0 Å². The fourth-order valence-electron chi connectivity index (χ4n) is 3.46. The number of aliphatic hydroxyl groups is 1. The number of benzene rings is 1. The molecule has 1 aliphatic rings. The molecule has 4 nitrogen and oxygen atoms in total. The molecule has 0 aliphatic carbocycles. The Hall–Kier alpha value is -2.31. The normalized spacial score (nSPS) is 21.6. The first-order valence-electron chi connectivity index (χ1n) is 7.90. The van der Waals surface area contributed by atoms with Crippen molar-refractivity contribution in [1.82, 2.24) is 14.3 Å². The van der Waals surface area contributed by atoms with Crippen molar-refractivity contribution < 1.29 is 13.9 Å². The molecule has 3 heterocycles. The van der Waals surface area contributed by atoms with Crippen molar-refractivity contribution in [2.24, 2.45) is 0 Å². The minimum absolute atomic E-state index is 0.145. The van der Waals surface area contributed by atoms with Crippen molar-refractivity contribution in [2.75, 3.05) is 6.54 Å². The monoisotopic (exact) mass is 329 g/mol. The lowest BCUT2D eigenvalue weighted by Crippen LogP contribution is -2.25. The molecule has 0 bridgehead atoms. The molecule has 3 aromatic rings. The first-order valence-corrected chi connectivity index (χ1v) is 7.90. The smallest absolute Gasteiger partial charge is 0.159 e. The third-order valence-electron chi connectivity index (χ3n) is 4.59.